The monoisotopic (exact) mass is 304 g/mol. The van der Waals surface area contributed by atoms with Crippen LogP contribution in [0.1, 0.15) is 12.0 Å². The number of pyridine rings is 2. The molecule has 1 fully saturated rings. The minimum Gasteiger partial charge on any atom is -0.380 e. The topological polar surface area (TPSA) is 41.1 Å². The first kappa shape index (κ1) is 14.2. The van der Waals surface area contributed by atoms with Gasteiger partial charge in [0.25, 0.3) is 0 Å². The number of nitrogens with one attached hydrogen (secondary N) is 1. The summed E-state index contributed by atoms with van der Waals surface area (Å²) in [5.41, 5.74) is 2.49. The fraction of sp³-hybridized carbons (Fsp3) is 0.263. The molecule has 1 unspecified atom stereocenters. The van der Waals surface area contributed by atoms with Gasteiger partial charge in [-0.1, -0.05) is 18.2 Å². The molecule has 4 rings (SSSR count). The number of hydrogen-bond donors (Lipinski definition) is 1. The van der Waals surface area contributed by atoms with Crippen LogP contribution in [0.3, 0.4) is 0 Å². The fourth-order valence-corrected chi connectivity index (χ4v) is 3.31. The van der Waals surface area contributed by atoms with Gasteiger partial charge in [0.05, 0.1) is 0 Å². The maximum absolute atomic E-state index is 4.20. The lowest BCUT2D eigenvalue weighted by molar-refractivity contribution is 0.328. The maximum Gasteiger partial charge on any atom is 0.0423 e. The first-order valence-electron chi connectivity index (χ1n) is 8.09. The third-order valence-corrected chi connectivity index (χ3v) is 4.44. The lowest BCUT2D eigenvalue weighted by Crippen LogP contribution is -2.26. The van der Waals surface area contributed by atoms with Gasteiger partial charge in [-0.15, -0.1) is 0 Å². The molecule has 1 atom stereocenters. The van der Waals surface area contributed by atoms with Crippen LogP contribution in [0.25, 0.3) is 10.8 Å². The minimum absolute atomic E-state index is 0.491. The molecular formula is C19H20N4. The van der Waals surface area contributed by atoms with Gasteiger partial charge < -0.3 is 5.32 Å². The Morgan fingerprint density at radius 3 is 2.91 bits per heavy atom. The van der Waals surface area contributed by atoms with Gasteiger partial charge in [-0.05, 0) is 30.2 Å². The van der Waals surface area contributed by atoms with Crippen molar-refractivity contribution in [2.45, 2.75) is 19.0 Å². The SMILES string of the molecule is c1cncc(CN2CCC(Nc3cccc4cnccc34)C2)c1. The zero-order chi connectivity index (χ0) is 15.5. The van der Waals surface area contributed by atoms with Crippen molar-refractivity contribution in [2.24, 2.45) is 0 Å². The molecule has 1 N–H and O–H groups in total. The Kier molecular flexibility index (Phi) is 3.90. The Labute approximate surface area is 136 Å². The number of anilines is 1. The predicted molar refractivity (Wildman–Crippen MR) is 93.3 cm³/mol. The number of nitrogens with zero attached hydrogens (tertiary/aromatic N) is 3. The summed E-state index contributed by atoms with van der Waals surface area (Å²) in [7, 11) is 0. The quantitative estimate of drug-likeness (QED) is 0.803. The summed E-state index contributed by atoms with van der Waals surface area (Å²) in [6.07, 6.45) is 8.73. The third kappa shape index (κ3) is 3.17. The number of rotatable bonds is 4. The molecule has 0 bridgehead atoms. The van der Waals surface area contributed by atoms with Gasteiger partial charge >= 0.3 is 0 Å². The molecule has 2 aromatic heterocycles. The molecular weight excluding hydrogens is 284 g/mol. The van der Waals surface area contributed by atoms with Crippen LogP contribution in [0, 0.1) is 0 Å². The average Bonchev–Trinajstić information content (AvgIpc) is 3.03. The van der Waals surface area contributed by atoms with Crippen LogP contribution in [-0.4, -0.2) is 34.0 Å². The highest BCUT2D eigenvalue weighted by molar-refractivity contribution is 5.93. The lowest BCUT2D eigenvalue weighted by Gasteiger charge is -2.18. The molecule has 4 nitrogen and oxygen atoms in total. The van der Waals surface area contributed by atoms with Crippen LogP contribution in [0.5, 0.6) is 0 Å². The van der Waals surface area contributed by atoms with E-state index < -0.39 is 0 Å². The molecule has 23 heavy (non-hydrogen) atoms. The van der Waals surface area contributed by atoms with Crippen LogP contribution in [0.2, 0.25) is 0 Å². The molecule has 0 aliphatic carbocycles. The smallest absolute Gasteiger partial charge is 0.0423 e. The molecule has 0 saturated carbocycles. The average molecular weight is 304 g/mol. The molecule has 0 amide bonds. The van der Waals surface area contributed by atoms with Gasteiger partial charge in [-0.3, -0.25) is 14.9 Å². The first-order chi connectivity index (χ1) is 11.4. The summed E-state index contributed by atoms with van der Waals surface area (Å²) in [6.45, 7) is 3.17. The summed E-state index contributed by atoms with van der Waals surface area (Å²) in [5.74, 6) is 0. The Balaban J connectivity index is 1.44. The van der Waals surface area contributed by atoms with Gasteiger partial charge in [0.15, 0.2) is 0 Å². The van der Waals surface area contributed by atoms with Crippen molar-refractivity contribution in [3.8, 4) is 0 Å². The molecule has 0 spiro atoms. The highest BCUT2D eigenvalue weighted by atomic mass is 15.2. The predicted octanol–water partition coefficient (Wildman–Crippen LogP) is 3.32. The second kappa shape index (κ2) is 6.34. The Bertz CT molecular complexity index is 782. The number of fused-ring (bicyclic) bond motifs is 1. The van der Waals surface area contributed by atoms with Crippen LogP contribution in [-0.2, 0) is 6.54 Å². The largest absolute Gasteiger partial charge is 0.380 e. The van der Waals surface area contributed by atoms with Gasteiger partial charge in [-0.2, -0.15) is 0 Å². The van der Waals surface area contributed by atoms with E-state index in [0.29, 0.717) is 6.04 Å². The van der Waals surface area contributed by atoms with Crippen molar-refractivity contribution in [3.05, 3.63) is 66.7 Å². The number of hydrogen-bond acceptors (Lipinski definition) is 4. The lowest BCUT2D eigenvalue weighted by atomic mass is 10.1. The zero-order valence-corrected chi connectivity index (χ0v) is 13.0. The van der Waals surface area contributed by atoms with Crippen molar-refractivity contribution in [1.29, 1.82) is 0 Å². The van der Waals surface area contributed by atoms with E-state index in [1.165, 1.54) is 28.4 Å². The molecule has 1 saturated heterocycles. The zero-order valence-electron chi connectivity index (χ0n) is 13.0. The van der Waals surface area contributed by atoms with E-state index in [2.05, 4.69) is 50.5 Å². The van der Waals surface area contributed by atoms with Gasteiger partial charge in [0.1, 0.15) is 0 Å². The van der Waals surface area contributed by atoms with Crippen molar-refractivity contribution in [2.75, 3.05) is 18.4 Å². The van der Waals surface area contributed by atoms with Crippen LogP contribution in [0.4, 0.5) is 5.69 Å². The normalized spacial score (nSPS) is 18.3. The standard InChI is InChI=1S/C19H20N4/c1-4-16-12-21-9-6-18(16)19(5-1)22-17-7-10-23(14-17)13-15-3-2-8-20-11-15/h1-6,8-9,11-12,17,22H,7,10,13-14H2. The molecule has 1 aliphatic rings. The van der Waals surface area contributed by atoms with Crippen LogP contribution >= 0.6 is 0 Å². The highest BCUT2D eigenvalue weighted by Gasteiger charge is 2.22. The summed E-state index contributed by atoms with van der Waals surface area (Å²) >= 11 is 0. The van der Waals surface area contributed by atoms with E-state index in [1.54, 1.807) is 0 Å². The van der Waals surface area contributed by atoms with Gasteiger partial charge in [0.2, 0.25) is 0 Å². The first-order valence-corrected chi connectivity index (χ1v) is 8.09. The third-order valence-electron chi connectivity index (χ3n) is 4.44. The maximum atomic E-state index is 4.20. The van der Waals surface area contributed by atoms with Gasteiger partial charge in [0, 0.05) is 66.9 Å². The number of benzene rings is 1. The Morgan fingerprint density at radius 2 is 2.00 bits per heavy atom. The number of likely N-dealkylation sites (tertiary alicyclic amines) is 1. The van der Waals surface area contributed by atoms with Crippen molar-refractivity contribution in [1.82, 2.24) is 14.9 Å². The van der Waals surface area contributed by atoms with Crippen molar-refractivity contribution < 1.29 is 0 Å². The van der Waals surface area contributed by atoms with Crippen LogP contribution in [0.15, 0.2) is 61.2 Å². The van der Waals surface area contributed by atoms with E-state index in [4.69, 9.17) is 0 Å². The fourth-order valence-electron chi connectivity index (χ4n) is 3.31. The van der Waals surface area contributed by atoms with Crippen molar-refractivity contribution >= 4 is 16.5 Å². The molecule has 3 aromatic rings. The summed E-state index contributed by atoms with van der Waals surface area (Å²) in [4.78, 5) is 10.9. The summed E-state index contributed by atoms with van der Waals surface area (Å²) in [6, 6.07) is 13.1. The van der Waals surface area contributed by atoms with E-state index in [9.17, 15) is 0 Å². The number of aromatic nitrogens is 2. The Morgan fingerprint density at radius 1 is 1.04 bits per heavy atom. The van der Waals surface area contributed by atoms with Crippen molar-refractivity contribution in [3.63, 3.8) is 0 Å². The molecule has 116 valence electrons. The van der Waals surface area contributed by atoms with E-state index >= 15 is 0 Å². The summed E-state index contributed by atoms with van der Waals surface area (Å²) in [5, 5.41) is 6.14. The Hall–Kier alpha value is -2.46. The highest BCUT2D eigenvalue weighted by Crippen LogP contribution is 2.25. The van der Waals surface area contributed by atoms with E-state index in [-0.39, 0.29) is 0 Å². The molecule has 3 heterocycles. The minimum atomic E-state index is 0.491. The molecule has 1 aliphatic heterocycles. The molecule has 0 radical (unpaired) electrons. The molecule has 4 heteroatoms. The van der Waals surface area contributed by atoms with E-state index in [1.807, 2.05) is 30.9 Å². The second-order valence-electron chi connectivity index (χ2n) is 6.13. The van der Waals surface area contributed by atoms with Gasteiger partial charge in [-0.25, -0.2) is 0 Å². The summed E-state index contributed by atoms with van der Waals surface area (Å²) < 4.78 is 0. The van der Waals surface area contributed by atoms with Crippen LogP contribution < -0.4 is 5.32 Å². The van der Waals surface area contributed by atoms with E-state index in [0.717, 1.165) is 19.6 Å². The molecule has 1 aromatic carbocycles. The second-order valence-corrected chi connectivity index (χ2v) is 6.13.